The number of hydrogen-bond acceptors (Lipinski definition) is 7. The second-order valence-corrected chi connectivity index (χ2v) is 5.83. The molecule has 0 fully saturated rings. The molecule has 146 valence electrons. The summed E-state index contributed by atoms with van der Waals surface area (Å²) in [5.74, 6) is 1.16. The summed E-state index contributed by atoms with van der Waals surface area (Å²) in [5.41, 5.74) is 1.03. The Kier molecular flexibility index (Phi) is 6.16. The van der Waals surface area contributed by atoms with Gasteiger partial charge in [0.05, 0.1) is 19.8 Å². The van der Waals surface area contributed by atoms with Gasteiger partial charge >= 0.3 is 5.97 Å². The highest BCUT2D eigenvalue weighted by Crippen LogP contribution is 2.31. The van der Waals surface area contributed by atoms with E-state index in [1.807, 2.05) is 0 Å². The van der Waals surface area contributed by atoms with Crippen LogP contribution in [0.2, 0.25) is 0 Å². The molecule has 0 amide bonds. The average molecular weight is 384 g/mol. The molecule has 0 spiro atoms. The predicted molar refractivity (Wildman–Crippen MR) is 101 cm³/mol. The van der Waals surface area contributed by atoms with E-state index < -0.39 is 18.4 Å². The summed E-state index contributed by atoms with van der Waals surface area (Å²) >= 11 is 0. The summed E-state index contributed by atoms with van der Waals surface area (Å²) in [6.07, 6.45) is 2.83. The van der Waals surface area contributed by atoms with E-state index in [1.165, 1.54) is 20.3 Å². The van der Waals surface area contributed by atoms with Crippen LogP contribution in [0.5, 0.6) is 23.0 Å². The first kappa shape index (κ1) is 19.3. The van der Waals surface area contributed by atoms with Crippen LogP contribution in [0.4, 0.5) is 0 Å². The van der Waals surface area contributed by atoms with E-state index in [9.17, 15) is 9.59 Å². The van der Waals surface area contributed by atoms with Crippen molar-refractivity contribution in [2.75, 3.05) is 34.0 Å². The molecule has 0 saturated heterocycles. The molecule has 7 heteroatoms. The second kappa shape index (κ2) is 8.94. The number of carbonyl (C=O) groups excluding carboxylic acids is 2. The third-order valence-corrected chi connectivity index (χ3v) is 4.03. The van der Waals surface area contributed by atoms with E-state index >= 15 is 0 Å². The monoisotopic (exact) mass is 384 g/mol. The van der Waals surface area contributed by atoms with Gasteiger partial charge in [-0.1, -0.05) is 6.07 Å². The Bertz CT molecular complexity index is 902. The van der Waals surface area contributed by atoms with Crippen LogP contribution in [0, 0.1) is 0 Å². The number of fused-ring (bicyclic) bond motifs is 1. The molecule has 3 rings (SSSR count). The van der Waals surface area contributed by atoms with E-state index in [0.29, 0.717) is 36.2 Å². The van der Waals surface area contributed by atoms with Gasteiger partial charge in [-0.25, -0.2) is 4.79 Å². The quantitative estimate of drug-likeness (QED) is 0.412. The number of Topliss-reactive ketones (excluding diaryl/α,β-unsaturated/α-hetero) is 1. The third kappa shape index (κ3) is 4.62. The van der Waals surface area contributed by atoms with Crippen molar-refractivity contribution in [2.24, 2.45) is 0 Å². The summed E-state index contributed by atoms with van der Waals surface area (Å²) in [6, 6.07) is 10.2. The van der Waals surface area contributed by atoms with E-state index in [2.05, 4.69) is 0 Å². The van der Waals surface area contributed by atoms with Crippen LogP contribution in [0.1, 0.15) is 15.9 Å². The molecule has 7 nitrogen and oxygen atoms in total. The van der Waals surface area contributed by atoms with Crippen molar-refractivity contribution in [1.82, 2.24) is 0 Å². The van der Waals surface area contributed by atoms with Gasteiger partial charge in [0, 0.05) is 6.08 Å². The van der Waals surface area contributed by atoms with Crippen molar-refractivity contribution < 1.29 is 33.3 Å². The predicted octanol–water partition coefficient (Wildman–Crippen LogP) is 2.91. The standard InChI is InChI=1S/C21H20O7/c1-24-15-5-7-18(25-2)16(12-15)17(22)13-28-21(23)8-4-14-3-6-19-20(11-14)27-10-9-26-19/h3-8,11-12H,9-10,13H2,1-2H3/b8-4+. The molecule has 1 heterocycles. The smallest absolute Gasteiger partial charge is 0.331 e. The maximum atomic E-state index is 12.4. The van der Waals surface area contributed by atoms with Crippen molar-refractivity contribution in [1.29, 1.82) is 0 Å². The van der Waals surface area contributed by atoms with Gasteiger partial charge in [-0.3, -0.25) is 4.79 Å². The number of ether oxygens (including phenoxy) is 5. The molecule has 2 aromatic carbocycles. The van der Waals surface area contributed by atoms with Crippen molar-refractivity contribution in [2.45, 2.75) is 0 Å². The van der Waals surface area contributed by atoms with E-state index in [0.717, 1.165) is 5.56 Å². The minimum atomic E-state index is -0.634. The molecular formula is C21H20O7. The van der Waals surface area contributed by atoms with Gasteiger partial charge in [0.2, 0.25) is 5.78 Å². The van der Waals surface area contributed by atoms with E-state index in [-0.39, 0.29) is 5.56 Å². The Labute approximate surface area is 162 Å². The number of ketones is 1. The number of rotatable bonds is 7. The van der Waals surface area contributed by atoms with Crippen LogP contribution < -0.4 is 18.9 Å². The molecule has 0 atom stereocenters. The van der Waals surface area contributed by atoms with Crippen LogP contribution in [0.25, 0.3) is 6.08 Å². The number of benzene rings is 2. The Hall–Kier alpha value is -3.48. The maximum absolute atomic E-state index is 12.4. The number of hydrogen-bond donors (Lipinski definition) is 0. The average Bonchev–Trinajstić information content (AvgIpc) is 2.75. The minimum Gasteiger partial charge on any atom is -0.497 e. The third-order valence-electron chi connectivity index (χ3n) is 4.03. The lowest BCUT2D eigenvalue weighted by atomic mass is 10.1. The molecule has 0 unspecified atom stereocenters. The highest BCUT2D eigenvalue weighted by Gasteiger charge is 2.15. The zero-order chi connectivity index (χ0) is 19.9. The highest BCUT2D eigenvalue weighted by molar-refractivity contribution is 6.01. The van der Waals surface area contributed by atoms with Crippen molar-refractivity contribution in [3.05, 3.63) is 53.6 Å². The molecule has 0 radical (unpaired) electrons. The largest absolute Gasteiger partial charge is 0.497 e. The van der Waals surface area contributed by atoms with Crippen molar-refractivity contribution >= 4 is 17.8 Å². The summed E-state index contributed by atoms with van der Waals surface area (Å²) in [4.78, 5) is 24.3. The zero-order valence-electron chi connectivity index (χ0n) is 15.6. The Morgan fingerprint density at radius 2 is 1.79 bits per heavy atom. The molecular weight excluding hydrogens is 364 g/mol. The summed E-state index contributed by atoms with van der Waals surface area (Å²) in [7, 11) is 2.96. The van der Waals surface area contributed by atoms with Gasteiger partial charge in [-0.15, -0.1) is 0 Å². The van der Waals surface area contributed by atoms with Crippen molar-refractivity contribution in [3.8, 4) is 23.0 Å². The van der Waals surface area contributed by atoms with Crippen LogP contribution in [0.3, 0.4) is 0 Å². The molecule has 0 bridgehead atoms. The normalized spacial score (nSPS) is 12.5. The van der Waals surface area contributed by atoms with Crippen LogP contribution in [-0.2, 0) is 9.53 Å². The fourth-order valence-corrected chi connectivity index (χ4v) is 2.62. The van der Waals surface area contributed by atoms with Crippen molar-refractivity contribution in [3.63, 3.8) is 0 Å². The van der Waals surface area contributed by atoms with Gasteiger partial charge < -0.3 is 23.7 Å². The van der Waals surface area contributed by atoms with E-state index in [4.69, 9.17) is 23.7 Å². The first-order valence-electron chi connectivity index (χ1n) is 8.60. The lowest BCUT2D eigenvalue weighted by Crippen LogP contribution is -2.15. The van der Waals surface area contributed by atoms with Crippen LogP contribution in [0.15, 0.2) is 42.5 Å². The topological polar surface area (TPSA) is 80.3 Å². The molecule has 0 aromatic heterocycles. The Morgan fingerprint density at radius 1 is 1.00 bits per heavy atom. The van der Waals surface area contributed by atoms with Gasteiger partial charge in [0.15, 0.2) is 18.1 Å². The fraction of sp³-hybridized carbons (Fsp3) is 0.238. The number of carbonyl (C=O) groups is 2. The SMILES string of the molecule is COc1ccc(OC)c(C(=O)COC(=O)/C=C/c2ccc3c(c2)OCCO3)c1. The van der Waals surface area contributed by atoms with E-state index in [1.54, 1.807) is 42.5 Å². The minimum absolute atomic E-state index is 0.283. The molecule has 0 saturated carbocycles. The summed E-state index contributed by atoms with van der Waals surface area (Å²) in [6.45, 7) is 0.590. The molecule has 2 aromatic rings. The lowest BCUT2D eigenvalue weighted by molar-refractivity contribution is -0.136. The Morgan fingerprint density at radius 3 is 2.54 bits per heavy atom. The Balaban J connectivity index is 1.60. The fourth-order valence-electron chi connectivity index (χ4n) is 2.62. The molecule has 1 aliphatic heterocycles. The summed E-state index contributed by atoms with van der Waals surface area (Å²) in [5, 5.41) is 0. The summed E-state index contributed by atoms with van der Waals surface area (Å²) < 4.78 is 26.3. The van der Waals surface area contributed by atoms with Gasteiger partial charge in [0.1, 0.15) is 24.7 Å². The number of esters is 1. The van der Waals surface area contributed by atoms with Gasteiger partial charge in [0.25, 0.3) is 0 Å². The highest BCUT2D eigenvalue weighted by atomic mass is 16.6. The first-order chi connectivity index (χ1) is 13.6. The maximum Gasteiger partial charge on any atom is 0.331 e. The molecule has 0 aliphatic carbocycles. The van der Waals surface area contributed by atoms with Gasteiger partial charge in [-0.2, -0.15) is 0 Å². The molecule has 0 N–H and O–H groups in total. The molecule has 1 aliphatic rings. The van der Waals surface area contributed by atoms with Gasteiger partial charge in [-0.05, 0) is 42.0 Å². The zero-order valence-corrected chi connectivity index (χ0v) is 15.6. The molecule has 28 heavy (non-hydrogen) atoms. The lowest BCUT2D eigenvalue weighted by Gasteiger charge is -2.18. The van der Waals surface area contributed by atoms with Crippen LogP contribution in [-0.4, -0.2) is 45.8 Å². The first-order valence-corrected chi connectivity index (χ1v) is 8.60. The van der Waals surface area contributed by atoms with Crippen LogP contribution >= 0.6 is 0 Å². The second-order valence-electron chi connectivity index (χ2n) is 5.83. The number of methoxy groups -OCH3 is 2.